The Balaban J connectivity index is 1.42. The van der Waals surface area contributed by atoms with Crippen LogP contribution in [-0.2, 0) is 11.2 Å². The van der Waals surface area contributed by atoms with Crippen molar-refractivity contribution in [2.75, 3.05) is 0 Å². The highest BCUT2D eigenvalue weighted by atomic mass is 32.1. The van der Waals surface area contributed by atoms with Gasteiger partial charge in [0.25, 0.3) is 0 Å². The second-order valence-electron chi connectivity index (χ2n) is 8.67. The standard InChI is InChI=1S/C31H28OS/c1-3-4-20-31(2)21-18-26(19-22-31)30(32)25-12-6-5-10-24(16-17-25)11-9-13-27-23-33-29-15-8-7-14-28(27)29/h3,5-12,14-18,23H,1,13,19,21-22H2,2H3/b6-5+,10-5?,11-9+,12-6?,17-16-,24-10+,24-16?,25-12+,25-17?. The fourth-order valence-electron chi connectivity index (χ4n) is 4.09. The molecular formula is C31H28OS. The van der Waals surface area contributed by atoms with Crippen LogP contribution in [0.4, 0.5) is 0 Å². The van der Waals surface area contributed by atoms with Gasteiger partial charge in [-0.2, -0.15) is 0 Å². The minimum absolute atomic E-state index is 0.0719. The molecule has 0 N–H and O–H groups in total. The molecule has 4 rings (SSSR count). The van der Waals surface area contributed by atoms with Crippen molar-refractivity contribution in [3.05, 3.63) is 119 Å². The predicted molar refractivity (Wildman–Crippen MR) is 142 cm³/mol. The molecule has 164 valence electrons. The summed E-state index contributed by atoms with van der Waals surface area (Å²) in [7, 11) is 0. The number of ketones is 1. The monoisotopic (exact) mass is 448 g/mol. The van der Waals surface area contributed by atoms with Crippen LogP contribution >= 0.6 is 11.3 Å². The summed E-state index contributed by atoms with van der Waals surface area (Å²) in [6.07, 6.45) is 23.2. The van der Waals surface area contributed by atoms with Gasteiger partial charge >= 0.3 is 0 Å². The van der Waals surface area contributed by atoms with Gasteiger partial charge in [-0.05, 0) is 72.2 Å². The molecule has 2 aromatic rings. The molecule has 1 atom stereocenters. The summed E-state index contributed by atoms with van der Waals surface area (Å²) in [4.78, 5) is 13.1. The zero-order valence-electron chi connectivity index (χ0n) is 19.0. The smallest absolute Gasteiger partial charge is 0.188 e. The zero-order valence-corrected chi connectivity index (χ0v) is 19.8. The van der Waals surface area contributed by atoms with Crippen molar-refractivity contribution < 1.29 is 4.79 Å². The minimum Gasteiger partial charge on any atom is -0.289 e. The fraction of sp³-hybridized carbons (Fsp3) is 0.194. The number of benzene rings is 1. The molecule has 1 unspecified atom stereocenters. The Bertz CT molecular complexity index is 1310. The first-order chi connectivity index (χ1) is 16.1. The van der Waals surface area contributed by atoms with Crippen molar-refractivity contribution in [3.8, 4) is 11.8 Å². The largest absolute Gasteiger partial charge is 0.289 e. The maximum absolute atomic E-state index is 13.1. The maximum Gasteiger partial charge on any atom is 0.188 e. The summed E-state index contributed by atoms with van der Waals surface area (Å²) >= 11 is 1.79. The molecule has 0 fully saturated rings. The van der Waals surface area contributed by atoms with E-state index < -0.39 is 0 Å². The third-order valence-electron chi connectivity index (χ3n) is 6.12. The van der Waals surface area contributed by atoms with E-state index in [0.29, 0.717) is 0 Å². The lowest BCUT2D eigenvalue weighted by Gasteiger charge is -2.27. The van der Waals surface area contributed by atoms with E-state index in [1.165, 1.54) is 15.6 Å². The van der Waals surface area contributed by atoms with E-state index in [0.717, 1.165) is 42.4 Å². The first-order valence-electron chi connectivity index (χ1n) is 11.3. The Hall–Kier alpha value is -3.41. The third-order valence-corrected chi connectivity index (χ3v) is 7.13. The van der Waals surface area contributed by atoms with Gasteiger partial charge in [-0.3, -0.25) is 4.79 Å². The first-order valence-corrected chi connectivity index (χ1v) is 12.2. The van der Waals surface area contributed by atoms with E-state index in [4.69, 9.17) is 0 Å². The van der Waals surface area contributed by atoms with Crippen LogP contribution in [0.25, 0.3) is 10.1 Å². The van der Waals surface area contributed by atoms with Gasteiger partial charge in [0, 0.05) is 15.7 Å². The molecule has 0 bridgehead atoms. The van der Waals surface area contributed by atoms with Gasteiger partial charge in [0.15, 0.2) is 5.78 Å². The molecule has 0 saturated carbocycles. The van der Waals surface area contributed by atoms with E-state index in [1.807, 2.05) is 30.4 Å². The second-order valence-corrected chi connectivity index (χ2v) is 9.58. The number of carbonyl (C=O) groups is 1. The molecule has 1 nitrogen and oxygen atoms in total. The molecule has 1 aromatic heterocycles. The molecule has 1 heterocycles. The average Bonchev–Trinajstić information content (AvgIpc) is 3.23. The van der Waals surface area contributed by atoms with Gasteiger partial charge in [-0.1, -0.05) is 91.3 Å². The molecule has 0 amide bonds. The Morgan fingerprint density at radius 3 is 2.88 bits per heavy atom. The molecule has 0 radical (unpaired) electrons. The lowest BCUT2D eigenvalue weighted by Crippen LogP contribution is -2.20. The van der Waals surface area contributed by atoms with Crippen molar-refractivity contribution >= 4 is 27.2 Å². The van der Waals surface area contributed by atoms with Crippen LogP contribution in [0.15, 0.2) is 114 Å². The van der Waals surface area contributed by atoms with Crippen LogP contribution in [-0.4, -0.2) is 5.78 Å². The molecule has 33 heavy (non-hydrogen) atoms. The van der Waals surface area contributed by atoms with Crippen LogP contribution in [0, 0.1) is 17.3 Å². The number of allylic oxidation sites excluding steroid dienone is 13. The van der Waals surface area contributed by atoms with Gasteiger partial charge in [0.2, 0.25) is 0 Å². The topological polar surface area (TPSA) is 17.1 Å². The molecule has 2 heteroatoms. The van der Waals surface area contributed by atoms with Crippen molar-refractivity contribution in [1.29, 1.82) is 0 Å². The van der Waals surface area contributed by atoms with Gasteiger partial charge in [-0.15, -0.1) is 11.3 Å². The maximum atomic E-state index is 13.1. The number of rotatable bonds is 5. The second kappa shape index (κ2) is 10.5. The molecule has 0 spiro atoms. The highest BCUT2D eigenvalue weighted by Gasteiger charge is 2.27. The number of Topliss-reactive ketones (excluding diaryl/α,β-unsaturated/α-hetero) is 1. The molecular weight excluding hydrogens is 420 g/mol. The fourth-order valence-corrected chi connectivity index (χ4v) is 5.07. The Morgan fingerprint density at radius 2 is 2.06 bits per heavy atom. The minimum atomic E-state index is -0.0719. The van der Waals surface area contributed by atoms with Crippen LogP contribution < -0.4 is 0 Å². The molecule has 0 saturated heterocycles. The predicted octanol–water partition coefficient (Wildman–Crippen LogP) is 7.85. The van der Waals surface area contributed by atoms with Gasteiger partial charge in [0.1, 0.15) is 0 Å². The van der Waals surface area contributed by atoms with Crippen molar-refractivity contribution in [2.24, 2.45) is 5.41 Å². The molecule has 2 aliphatic carbocycles. The summed E-state index contributed by atoms with van der Waals surface area (Å²) in [6, 6.07) is 8.53. The van der Waals surface area contributed by atoms with Crippen LogP contribution in [0.5, 0.6) is 0 Å². The summed E-state index contributed by atoms with van der Waals surface area (Å²) in [6.45, 7) is 5.83. The van der Waals surface area contributed by atoms with Gasteiger partial charge < -0.3 is 0 Å². The van der Waals surface area contributed by atoms with Crippen LogP contribution in [0.2, 0.25) is 0 Å². The summed E-state index contributed by atoms with van der Waals surface area (Å²) in [5.74, 6) is 6.36. The highest BCUT2D eigenvalue weighted by Crippen LogP contribution is 2.35. The van der Waals surface area contributed by atoms with E-state index in [-0.39, 0.29) is 11.2 Å². The number of hydrogen-bond acceptors (Lipinski definition) is 2. The lowest BCUT2D eigenvalue weighted by molar-refractivity contribution is -0.112. The Kier molecular flexibility index (Phi) is 7.23. The first kappa shape index (κ1) is 22.8. The van der Waals surface area contributed by atoms with Gasteiger partial charge in [0.05, 0.1) is 0 Å². The molecule has 0 aliphatic heterocycles. The quantitative estimate of drug-likeness (QED) is 0.426. The number of thiophene rings is 1. The normalized spacial score (nSPS) is 25.4. The summed E-state index contributed by atoms with van der Waals surface area (Å²) in [5, 5.41) is 3.57. The van der Waals surface area contributed by atoms with Crippen molar-refractivity contribution in [1.82, 2.24) is 0 Å². The Morgan fingerprint density at radius 1 is 1.21 bits per heavy atom. The van der Waals surface area contributed by atoms with Crippen molar-refractivity contribution in [3.63, 3.8) is 0 Å². The molecule has 2 aliphatic rings. The van der Waals surface area contributed by atoms with Crippen LogP contribution in [0.1, 0.15) is 31.7 Å². The summed E-state index contributed by atoms with van der Waals surface area (Å²) < 4.78 is 1.33. The van der Waals surface area contributed by atoms with E-state index >= 15 is 0 Å². The zero-order chi connectivity index (χ0) is 23.1. The van der Waals surface area contributed by atoms with Gasteiger partial charge in [-0.25, -0.2) is 0 Å². The number of carbonyl (C=O) groups excluding carboxylic acids is 1. The highest BCUT2D eigenvalue weighted by molar-refractivity contribution is 7.17. The third kappa shape index (κ3) is 5.69. The SMILES string of the molecule is C=CC#CC1(C)CC=C(C(=O)C2=C/C=C/C=C(\C=C\Cc3csc4ccccc34)/C=C\2)CC1. The van der Waals surface area contributed by atoms with E-state index in [2.05, 4.69) is 79.3 Å². The van der Waals surface area contributed by atoms with E-state index in [9.17, 15) is 4.79 Å². The Labute approximate surface area is 200 Å². The van der Waals surface area contributed by atoms with Crippen LogP contribution in [0.3, 0.4) is 0 Å². The van der Waals surface area contributed by atoms with E-state index in [1.54, 1.807) is 17.4 Å². The number of hydrogen-bond donors (Lipinski definition) is 0. The average molecular weight is 449 g/mol. The number of fused-ring (bicyclic) bond motifs is 1. The molecule has 1 aromatic carbocycles. The van der Waals surface area contributed by atoms with Crippen molar-refractivity contribution in [2.45, 2.75) is 32.6 Å². The summed E-state index contributed by atoms with van der Waals surface area (Å²) in [5.41, 5.74) is 3.97. The lowest BCUT2D eigenvalue weighted by atomic mass is 9.75.